The number of aryl methyl sites for hydroxylation is 1. The first-order valence-electron chi connectivity index (χ1n) is 8.32. The van der Waals surface area contributed by atoms with E-state index in [2.05, 4.69) is 16.4 Å². The molecule has 0 aliphatic carbocycles. The van der Waals surface area contributed by atoms with Crippen LogP contribution in [-0.2, 0) is 16.0 Å². The van der Waals surface area contributed by atoms with Crippen LogP contribution >= 0.6 is 11.3 Å². The summed E-state index contributed by atoms with van der Waals surface area (Å²) in [5, 5.41) is 12.8. The molecule has 0 saturated carbocycles. The largest absolute Gasteiger partial charge is 0.480 e. The summed E-state index contributed by atoms with van der Waals surface area (Å²) in [5.41, 5.74) is 1.02. The van der Waals surface area contributed by atoms with E-state index >= 15 is 0 Å². The van der Waals surface area contributed by atoms with Gasteiger partial charge in [0, 0.05) is 6.42 Å². The minimum absolute atomic E-state index is 0.188. The number of rotatable bonds is 9. The van der Waals surface area contributed by atoms with Gasteiger partial charge in [0.15, 0.2) is 0 Å². The molecule has 24 heavy (non-hydrogen) atoms. The molecular formula is C18H24N2O3S. The molecule has 5 nitrogen and oxygen atoms in total. The first-order valence-corrected chi connectivity index (χ1v) is 9.14. The maximum absolute atomic E-state index is 11.9. The minimum Gasteiger partial charge on any atom is -0.480 e. The van der Waals surface area contributed by atoms with E-state index in [-0.39, 0.29) is 11.8 Å². The Balaban J connectivity index is 1.73. The first kappa shape index (κ1) is 18.4. The molecule has 6 heteroatoms. The molecule has 2 aromatic rings. The molecule has 0 fully saturated rings. The molecule has 2 rings (SSSR count). The Morgan fingerprint density at radius 1 is 1.25 bits per heavy atom. The fourth-order valence-electron chi connectivity index (χ4n) is 2.55. The lowest BCUT2D eigenvalue weighted by molar-refractivity contribution is -0.142. The lowest BCUT2D eigenvalue weighted by Gasteiger charge is -2.16. The number of hydrogen-bond donors (Lipinski definition) is 2. The van der Waals surface area contributed by atoms with Crippen molar-refractivity contribution in [2.75, 3.05) is 0 Å². The van der Waals surface area contributed by atoms with Crippen LogP contribution in [0, 0.1) is 5.92 Å². The van der Waals surface area contributed by atoms with Crippen LogP contribution in [-0.4, -0.2) is 28.0 Å². The van der Waals surface area contributed by atoms with E-state index in [9.17, 15) is 9.59 Å². The molecule has 130 valence electrons. The van der Waals surface area contributed by atoms with Gasteiger partial charge in [-0.2, -0.15) is 0 Å². The Hall–Kier alpha value is -1.95. The quantitative estimate of drug-likeness (QED) is 0.678. The van der Waals surface area contributed by atoms with Crippen molar-refractivity contribution in [3.05, 3.63) is 29.3 Å². The summed E-state index contributed by atoms with van der Waals surface area (Å²) in [5.74, 6) is -0.927. The molecule has 1 heterocycles. The fourth-order valence-corrected chi connectivity index (χ4v) is 3.56. The van der Waals surface area contributed by atoms with Crippen LogP contribution < -0.4 is 5.32 Å². The number of carboxylic acid groups (broad SMARTS) is 1. The molecule has 0 aliphatic heterocycles. The Labute approximate surface area is 146 Å². The van der Waals surface area contributed by atoms with Gasteiger partial charge in [-0.3, -0.25) is 4.79 Å². The number of carbonyl (C=O) groups excluding carboxylic acids is 1. The number of para-hydroxylation sites is 1. The van der Waals surface area contributed by atoms with Gasteiger partial charge in [-0.1, -0.05) is 26.0 Å². The lowest BCUT2D eigenvalue weighted by Crippen LogP contribution is -2.41. The number of carbonyl (C=O) groups is 2. The Kier molecular flexibility index (Phi) is 6.73. The van der Waals surface area contributed by atoms with Crippen molar-refractivity contribution in [3.8, 4) is 0 Å². The van der Waals surface area contributed by atoms with Gasteiger partial charge in [0.05, 0.1) is 15.2 Å². The highest BCUT2D eigenvalue weighted by Gasteiger charge is 2.20. The van der Waals surface area contributed by atoms with Gasteiger partial charge in [-0.05, 0) is 43.7 Å². The third-order valence-electron chi connectivity index (χ3n) is 3.72. The summed E-state index contributed by atoms with van der Waals surface area (Å²) in [4.78, 5) is 27.6. The van der Waals surface area contributed by atoms with E-state index in [0.717, 1.165) is 29.8 Å². The zero-order chi connectivity index (χ0) is 17.5. The number of nitrogens with one attached hydrogen (secondary N) is 1. The molecule has 1 atom stereocenters. The number of aromatic nitrogens is 1. The van der Waals surface area contributed by atoms with Gasteiger partial charge in [0.2, 0.25) is 5.91 Å². The number of fused-ring (bicyclic) bond motifs is 1. The average molecular weight is 348 g/mol. The van der Waals surface area contributed by atoms with E-state index < -0.39 is 12.0 Å². The highest BCUT2D eigenvalue weighted by atomic mass is 32.1. The molecule has 1 aromatic heterocycles. The third kappa shape index (κ3) is 5.60. The van der Waals surface area contributed by atoms with Crippen molar-refractivity contribution in [2.45, 2.75) is 52.0 Å². The fraction of sp³-hybridized carbons (Fsp3) is 0.500. The number of thiazole rings is 1. The monoisotopic (exact) mass is 348 g/mol. The van der Waals surface area contributed by atoms with Crippen molar-refractivity contribution in [1.29, 1.82) is 0 Å². The van der Waals surface area contributed by atoms with Gasteiger partial charge >= 0.3 is 5.97 Å². The van der Waals surface area contributed by atoms with Crippen LogP contribution in [0.15, 0.2) is 24.3 Å². The maximum Gasteiger partial charge on any atom is 0.326 e. The van der Waals surface area contributed by atoms with Crippen LogP contribution in [0.4, 0.5) is 0 Å². The molecular weight excluding hydrogens is 324 g/mol. The molecule has 0 saturated heterocycles. The highest BCUT2D eigenvalue weighted by molar-refractivity contribution is 7.18. The molecule has 0 bridgehead atoms. The normalized spacial score (nSPS) is 12.5. The molecule has 0 aliphatic rings. The van der Waals surface area contributed by atoms with Crippen molar-refractivity contribution in [1.82, 2.24) is 10.3 Å². The number of hydrogen-bond acceptors (Lipinski definition) is 4. The summed E-state index contributed by atoms with van der Waals surface area (Å²) in [6, 6.07) is 7.26. The Morgan fingerprint density at radius 3 is 2.67 bits per heavy atom. The van der Waals surface area contributed by atoms with Crippen molar-refractivity contribution >= 4 is 33.4 Å². The second-order valence-corrected chi connectivity index (χ2v) is 7.49. The number of unbranched alkanes of at least 4 members (excludes halogenated alkanes) is 1. The third-order valence-corrected chi connectivity index (χ3v) is 4.82. The molecule has 0 spiro atoms. The Bertz CT molecular complexity index is 663. The smallest absolute Gasteiger partial charge is 0.326 e. The van der Waals surface area contributed by atoms with E-state index in [1.165, 1.54) is 4.70 Å². The SMILES string of the molecule is CC(C)CC(NC(=O)CCCCc1nc2ccccc2s1)C(=O)O. The number of nitrogens with zero attached hydrogens (tertiary/aromatic N) is 1. The van der Waals surface area contributed by atoms with Gasteiger partial charge in [-0.15, -0.1) is 11.3 Å². The molecule has 1 unspecified atom stereocenters. The zero-order valence-corrected chi connectivity index (χ0v) is 14.9. The minimum atomic E-state index is -0.966. The number of aliphatic carboxylic acids is 1. The molecule has 2 N–H and O–H groups in total. The van der Waals surface area contributed by atoms with Gasteiger partial charge in [0.1, 0.15) is 6.04 Å². The van der Waals surface area contributed by atoms with Crippen molar-refractivity contribution in [2.24, 2.45) is 5.92 Å². The number of carboxylic acids is 1. The molecule has 1 amide bonds. The van der Waals surface area contributed by atoms with Crippen LogP contribution in [0.25, 0.3) is 10.2 Å². The van der Waals surface area contributed by atoms with Crippen LogP contribution in [0.3, 0.4) is 0 Å². The number of amides is 1. The second-order valence-electron chi connectivity index (χ2n) is 6.37. The summed E-state index contributed by atoms with van der Waals surface area (Å²) >= 11 is 1.69. The van der Waals surface area contributed by atoms with E-state index in [1.54, 1.807) is 11.3 Å². The van der Waals surface area contributed by atoms with Crippen LogP contribution in [0.5, 0.6) is 0 Å². The van der Waals surface area contributed by atoms with Crippen LogP contribution in [0.2, 0.25) is 0 Å². The molecule has 0 radical (unpaired) electrons. The summed E-state index contributed by atoms with van der Waals surface area (Å²) in [6.07, 6.45) is 3.26. The van der Waals surface area contributed by atoms with Crippen LogP contribution in [0.1, 0.15) is 44.5 Å². The van der Waals surface area contributed by atoms with Crippen molar-refractivity contribution in [3.63, 3.8) is 0 Å². The van der Waals surface area contributed by atoms with E-state index in [0.29, 0.717) is 12.8 Å². The maximum atomic E-state index is 11.9. The summed E-state index contributed by atoms with van der Waals surface area (Å²) in [7, 11) is 0. The average Bonchev–Trinajstić information content (AvgIpc) is 2.93. The van der Waals surface area contributed by atoms with Gasteiger partial charge < -0.3 is 10.4 Å². The standard InChI is InChI=1S/C18H24N2O3S/c1-12(2)11-14(18(22)23)19-16(21)9-5-6-10-17-20-13-7-3-4-8-15(13)24-17/h3-4,7-8,12,14H,5-6,9-11H2,1-2H3,(H,19,21)(H,22,23). The van der Waals surface area contributed by atoms with Gasteiger partial charge in [-0.25, -0.2) is 9.78 Å². The summed E-state index contributed by atoms with van der Waals surface area (Å²) < 4.78 is 1.18. The zero-order valence-electron chi connectivity index (χ0n) is 14.1. The first-order chi connectivity index (χ1) is 11.5. The second kappa shape index (κ2) is 8.78. The van der Waals surface area contributed by atoms with Gasteiger partial charge in [0.25, 0.3) is 0 Å². The van der Waals surface area contributed by atoms with E-state index in [1.807, 2.05) is 32.0 Å². The molecule has 1 aromatic carbocycles. The highest BCUT2D eigenvalue weighted by Crippen LogP contribution is 2.22. The Morgan fingerprint density at radius 2 is 2.00 bits per heavy atom. The summed E-state index contributed by atoms with van der Waals surface area (Å²) in [6.45, 7) is 3.89. The van der Waals surface area contributed by atoms with Crippen molar-refractivity contribution < 1.29 is 14.7 Å². The predicted octanol–water partition coefficient (Wildman–Crippen LogP) is 3.62. The lowest BCUT2D eigenvalue weighted by atomic mass is 10.0. The topological polar surface area (TPSA) is 79.3 Å². The predicted molar refractivity (Wildman–Crippen MR) is 96.2 cm³/mol. The van der Waals surface area contributed by atoms with E-state index in [4.69, 9.17) is 5.11 Å². The number of benzene rings is 1.